The predicted molar refractivity (Wildman–Crippen MR) is 51.0 cm³/mol. The lowest BCUT2D eigenvalue weighted by Crippen LogP contribution is -2.08. The molecular weight excluding hydrogens is 150 g/mol. The molecule has 0 aromatic heterocycles. The molecule has 0 fully saturated rings. The molecule has 0 heterocycles. The highest BCUT2D eigenvalue weighted by molar-refractivity contribution is 5.42. The normalized spacial score (nSPS) is 10.3. The third-order valence-corrected chi connectivity index (χ3v) is 1.46. The number of rotatable bonds is 3. The number of benzene rings is 1. The highest BCUT2D eigenvalue weighted by atomic mass is 16.7. The van der Waals surface area contributed by atoms with E-state index in [-0.39, 0.29) is 6.10 Å². The maximum absolute atomic E-state index is 5.22. The van der Waals surface area contributed by atoms with E-state index < -0.39 is 0 Å². The van der Waals surface area contributed by atoms with Crippen LogP contribution in [0.5, 0.6) is 0 Å². The molecule has 1 N–H and O–H groups in total. The summed E-state index contributed by atoms with van der Waals surface area (Å²) >= 11 is 0. The van der Waals surface area contributed by atoms with E-state index in [9.17, 15) is 0 Å². The topological polar surface area (TPSA) is 21.3 Å². The van der Waals surface area contributed by atoms with Crippen molar-refractivity contribution < 1.29 is 4.84 Å². The Bertz CT molecular complexity index is 228. The molecule has 0 aliphatic rings. The fourth-order valence-electron chi connectivity index (χ4n) is 0.807. The number of hydrogen-bond acceptors (Lipinski definition) is 2. The van der Waals surface area contributed by atoms with Crippen molar-refractivity contribution in [2.24, 2.45) is 0 Å². The van der Waals surface area contributed by atoms with Gasteiger partial charge in [-0.1, -0.05) is 17.7 Å². The molecule has 1 rings (SSSR count). The minimum atomic E-state index is 0.200. The first-order valence-corrected chi connectivity index (χ1v) is 4.17. The van der Waals surface area contributed by atoms with E-state index in [0.717, 1.165) is 5.69 Å². The van der Waals surface area contributed by atoms with Crippen molar-refractivity contribution in [3.05, 3.63) is 29.8 Å². The highest BCUT2D eigenvalue weighted by Crippen LogP contribution is 2.08. The fraction of sp³-hybridized carbons (Fsp3) is 0.400. The van der Waals surface area contributed by atoms with Crippen molar-refractivity contribution in [3.63, 3.8) is 0 Å². The summed E-state index contributed by atoms with van der Waals surface area (Å²) in [5.74, 6) is 0. The Kier molecular flexibility index (Phi) is 3.11. The second kappa shape index (κ2) is 4.12. The van der Waals surface area contributed by atoms with E-state index in [1.54, 1.807) is 0 Å². The molecule has 0 aliphatic carbocycles. The quantitative estimate of drug-likeness (QED) is 0.695. The van der Waals surface area contributed by atoms with Gasteiger partial charge >= 0.3 is 0 Å². The third kappa shape index (κ3) is 2.93. The highest BCUT2D eigenvalue weighted by Gasteiger charge is 1.93. The van der Waals surface area contributed by atoms with Gasteiger partial charge in [-0.3, -0.25) is 10.3 Å². The number of nitrogens with one attached hydrogen (secondary N) is 1. The van der Waals surface area contributed by atoms with E-state index in [4.69, 9.17) is 4.84 Å². The summed E-state index contributed by atoms with van der Waals surface area (Å²) in [6.07, 6.45) is 0.200. The van der Waals surface area contributed by atoms with Crippen LogP contribution in [0.15, 0.2) is 24.3 Å². The molecule has 0 aliphatic heterocycles. The van der Waals surface area contributed by atoms with Crippen LogP contribution in [0.4, 0.5) is 5.69 Å². The minimum absolute atomic E-state index is 0.200. The van der Waals surface area contributed by atoms with Gasteiger partial charge in [0, 0.05) is 0 Å². The van der Waals surface area contributed by atoms with Gasteiger partial charge in [-0.25, -0.2) is 0 Å². The number of aryl methyl sites for hydroxylation is 1. The van der Waals surface area contributed by atoms with Gasteiger partial charge in [0.25, 0.3) is 0 Å². The first kappa shape index (κ1) is 9.07. The van der Waals surface area contributed by atoms with E-state index in [1.807, 2.05) is 38.1 Å². The van der Waals surface area contributed by atoms with Gasteiger partial charge in [0.2, 0.25) is 0 Å². The molecule has 0 atom stereocenters. The first-order chi connectivity index (χ1) is 5.68. The summed E-state index contributed by atoms with van der Waals surface area (Å²) in [7, 11) is 0. The van der Waals surface area contributed by atoms with E-state index in [0.29, 0.717) is 0 Å². The van der Waals surface area contributed by atoms with Gasteiger partial charge in [-0.15, -0.1) is 0 Å². The molecule has 1 aromatic carbocycles. The van der Waals surface area contributed by atoms with E-state index >= 15 is 0 Å². The third-order valence-electron chi connectivity index (χ3n) is 1.46. The summed E-state index contributed by atoms with van der Waals surface area (Å²) in [5, 5.41) is 0. The maximum atomic E-state index is 5.22. The zero-order chi connectivity index (χ0) is 8.97. The number of anilines is 1. The van der Waals surface area contributed by atoms with Gasteiger partial charge < -0.3 is 0 Å². The van der Waals surface area contributed by atoms with E-state index in [2.05, 4.69) is 12.4 Å². The van der Waals surface area contributed by atoms with Crippen LogP contribution in [0.1, 0.15) is 19.4 Å². The second-order valence-electron chi connectivity index (χ2n) is 3.13. The Morgan fingerprint density at radius 1 is 1.17 bits per heavy atom. The molecule has 0 saturated carbocycles. The van der Waals surface area contributed by atoms with Crippen LogP contribution in [0.25, 0.3) is 0 Å². The molecule has 66 valence electrons. The van der Waals surface area contributed by atoms with Gasteiger partial charge in [0.15, 0.2) is 0 Å². The number of hydrogen-bond donors (Lipinski definition) is 1. The summed E-state index contributed by atoms with van der Waals surface area (Å²) in [6.45, 7) is 6.04. The van der Waals surface area contributed by atoms with Crippen LogP contribution in [0.3, 0.4) is 0 Å². The molecule has 1 aromatic rings. The van der Waals surface area contributed by atoms with Gasteiger partial charge in [0.05, 0.1) is 11.8 Å². The summed E-state index contributed by atoms with van der Waals surface area (Å²) in [6, 6.07) is 8.09. The smallest absolute Gasteiger partial charge is 0.0797 e. The van der Waals surface area contributed by atoms with Crippen LogP contribution in [-0.4, -0.2) is 6.10 Å². The predicted octanol–water partition coefficient (Wildman–Crippen LogP) is 2.75. The average Bonchev–Trinajstić information content (AvgIpc) is 2.03. The second-order valence-corrected chi connectivity index (χ2v) is 3.13. The Hall–Kier alpha value is -1.02. The summed E-state index contributed by atoms with van der Waals surface area (Å²) < 4.78 is 0. The first-order valence-electron chi connectivity index (χ1n) is 4.17. The van der Waals surface area contributed by atoms with E-state index in [1.165, 1.54) is 5.56 Å². The van der Waals surface area contributed by atoms with Crippen LogP contribution < -0.4 is 5.48 Å². The monoisotopic (exact) mass is 165 g/mol. The Morgan fingerprint density at radius 2 is 1.75 bits per heavy atom. The SMILES string of the molecule is Cc1ccc(NOC(C)C)cc1. The zero-order valence-electron chi connectivity index (χ0n) is 7.79. The van der Waals surface area contributed by atoms with Crippen LogP contribution in [-0.2, 0) is 4.84 Å². The largest absolute Gasteiger partial charge is 0.273 e. The molecule has 12 heavy (non-hydrogen) atoms. The molecular formula is C10H15NO. The standard InChI is InChI=1S/C10H15NO/c1-8(2)12-11-10-6-4-9(3)5-7-10/h4-8,11H,1-3H3. The van der Waals surface area contributed by atoms with Gasteiger partial charge in [-0.05, 0) is 32.9 Å². The van der Waals surface area contributed by atoms with Gasteiger partial charge in [-0.2, -0.15) is 0 Å². The Balaban J connectivity index is 2.48. The Morgan fingerprint density at radius 3 is 2.25 bits per heavy atom. The molecule has 0 unspecified atom stereocenters. The molecule has 0 amide bonds. The molecule has 0 radical (unpaired) electrons. The maximum Gasteiger partial charge on any atom is 0.0797 e. The molecule has 0 saturated heterocycles. The minimum Gasteiger partial charge on any atom is -0.273 e. The summed E-state index contributed by atoms with van der Waals surface area (Å²) in [4.78, 5) is 5.22. The van der Waals surface area contributed by atoms with Gasteiger partial charge in [0.1, 0.15) is 0 Å². The van der Waals surface area contributed by atoms with Crippen molar-refractivity contribution in [2.75, 3.05) is 5.48 Å². The van der Waals surface area contributed by atoms with Crippen LogP contribution in [0, 0.1) is 6.92 Å². The zero-order valence-corrected chi connectivity index (χ0v) is 7.79. The fourth-order valence-corrected chi connectivity index (χ4v) is 0.807. The van der Waals surface area contributed by atoms with Crippen molar-refractivity contribution >= 4 is 5.69 Å². The van der Waals surface area contributed by atoms with Crippen molar-refractivity contribution in [3.8, 4) is 0 Å². The molecule has 2 heteroatoms. The van der Waals surface area contributed by atoms with Crippen LogP contribution in [0.2, 0.25) is 0 Å². The van der Waals surface area contributed by atoms with Crippen LogP contribution >= 0.6 is 0 Å². The lowest BCUT2D eigenvalue weighted by molar-refractivity contribution is 0.130. The van der Waals surface area contributed by atoms with Crippen molar-refractivity contribution in [1.82, 2.24) is 0 Å². The van der Waals surface area contributed by atoms with Crippen molar-refractivity contribution in [2.45, 2.75) is 26.9 Å². The Labute approximate surface area is 73.5 Å². The molecule has 2 nitrogen and oxygen atoms in total. The van der Waals surface area contributed by atoms with Crippen molar-refractivity contribution in [1.29, 1.82) is 0 Å². The lowest BCUT2D eigenvalue weighted by Gasteiger charge is -2.09. The molecule has 0 bridgehead atoms. The summed E-state index contributed by atoms with van der Waals surface area (Å²) in [5.41, 5.74) is 5.12. The molecule has 0 spiro atoms. The average molecular weight is 165 g/mol. The lowest BCUT2D eigenvalue weighted by atomic mass is 10.2.